The third-order valence-electron chi connectivity index (χ3n) is 2.64. The van der Waals surface area contributed by atoms with Crippen molar-refractivity contribution in [3.63, 3.8) is 0 Å². The van der Waals surface area contributed by atoms with Crippen LogP contribution < -0.4 is 10.6 Å². The molecule has 1 aliphatic heterocycles. The molecule has 0 spiro atoms. The van der Waals surface area contributed by atoms with Gasteiger partial charge >= 0.3 is 11.9 Å². The molecule has 0 radical (unpaired) electrons. The first-order chi connectivity index (χ1) is 9.69. The van der Waals surface area contributed by atoms with Gasteiger partial charge < -0.3 is 25.2 Å². The van der Waals surface area contributed by atoms with Gasteiger partial charge in [0.05, 0.1) is 19.6 Å². The quantitative estimate of drug-likeness (QED) is 0.574. The molecule has 1 saturated heterocycles. The van der Waals surface area contributed by atoms with E-state index in [9.17, 15) is 14.4 Å². The van der Waals surface area contributed by atoms with Crippen LogP contribution in [0.1, 0.15) is 27.2 Å². The molecule has 1 fully saturated rings. The van der Waals surface area contributed by atoms with Gasteiger partial charge in [0.2, 0.25) is 5.91 Å². The van der Waals surface area contributed by atoms with Crippen LogP contribution in [-0.4, -0.2) is 60.4 Å². The van der Waals surface area contributed by atoms with Crippen molar-refractivity contribution >= 4 is 17.8 Å². The molecule has 21 heavy (non-hydrogen) atoms. The minimum atomic E-state index is -1.32. The van der Waals surface area contributed by atoms with Gasteiger partial charge in [0, 0.05) is 6.54 Å². The Hall–Kier alpha value is -1.67. The average molecular weight is 302 g/mol. The molecule has 1 aliphatic rings. The lowest BCUT2D eigenvalue weighted by Crippen LogP contribution is -2.55. The van der Waals surface area contributed by atoms with Crippen molar-refractivity contribution in [2.45, 2.75) is 44.9 Å². The number of ether oxygens (including phenoxy) is 2. The Balaban J connectivity index is 2.55. The second kappa shape index (κ2) is 7.37. The van der Waals surface area contributed by atoms with Crippen LogP contribution in [0.25, 0.3) is 0 Å². The van der Waals surface area contributed by atoms with Crippen LogP contribution in [0.5, 0.6) is 0 Å². The van der Waals surface area contributed by atoms with E-state index in [1.54, 1.807) is 20.8 Å². The first-order valence-corrected chi connectivity index (χ1v) is 6.75. The minimum Gasteiger partial charge on any atom is -0.480 e. The Kier molecular flexibility index (Phi) is 6.10. The summed E-state index contributed by atoms with van der Waals surface area (Å²) in [4.78, 5) is 34.7. The summed E-state index contributed by atoms with van der Waals surface area (Å²) in [6, 6.07) is -1.93. The van der Waals surface area contributed by atoms with E-state index in [0.29, 0.717) is 13.2 Å². The monoisotopic (exact) mass is 302 g/mol. The summed E-state index contributed by atoms with van der Waals surface area (Å²) in [5.41, 5.74) is -0.705. The molecule has 1 amide bonds. The molecule has 1 rings (SSSR count). The molecule has 1 unspecified atom stereocenters. The van der Waals surface area contributed by atoms with Gasteiger partial charge in [-0.05, 0) is 20.8 Å². The predicted octanol–water partition coefficient (Wildman–Crippen LogP) is -0.724. The van der Waals surface area contributed by atoms with Crippen molar-refractivity contribution in [3.8, 4) is 0 Å². The van der Waals surface area contributed by atoms with E-state index in [-0.39, 0.29) is 6.61 Å². The molecule has 1 heterocycles. The number of rotatable bonds is 5. The molecular weight excluding hydrogens is 280 g/mol. The number of hydrogen-bond acceptors (Lipinski definition) is 6. The summed E-state index contributed by atoms with van der Waals surface area (Å²) in [5, 5.41) is 14.3. The molecule has 8 nitrogen and oxygen atoms in total. The van der Waals surface area contributed by atoms with Gasteiger partial charge in [0.1, 0.15) is 17.7 Å². The maximum atomic E-state index is 11.9. The van der Waals surface area contributed by atoms with Crippen LogP contribution >= 0.6 is 0 Å². The fraction of sp³-hybridized carbons (Fsp3) is 0.769. The highest BCUT2D eigenvalue weighted by Crippen LogP contribution is 2.09. The number of morpholine rings is 1. The number of aliphatic carboxylic acids is 1. The number of nitrogens with one attached hydrogen (secondary N) is 2. The first kappa shape index (κ1) is 17.4. The number of hydrogen-bond donors (Lipinski definition) is 3. The van der Waals surface area contributed by atoms with Gasteiger partial charge in [0.15, 0.2) is 0 Å². The number of carbonyl (C=O) groups excluding carboxylic acids is 2. The highest BCUT2D eigenvalue weighted by Gasteiger charge is 2.29. The largest absolute Gasteiger partial charge is 0.480 e. The molecule has 0 saturated carbocycles. The Morgan fingerprint density at radius 3 is 2.57 bits per heavy atom. The van der Waals surface area contributed by atoms with Gasteiger partial charge in [-0.3, -0.25) is 9.59 Å². The van der Waals surface area contributed by atoms with E-state index >= 15 is 0 Å². The second-order valence-electron chi connectivity index (χ2n) is 5.77. The summed E-state index contributed by atoms with van der Waals surface area (Å²) in [7, 11) is 0. The van der Waals surface area contributed by atoms with Crippen molar-refractivity contribution < 1.29 is 29.0 Å². The zero-order valence-electron chi connectivity index (χ0n) is 12.5. The molecule has 120 valence electrons. The molecule has 0 aromatic carbocycles. The number of carboxylic acids is 1. The van der Waals surface area contributed by atoms with E-state index in [1.807, 2.05) is 0 Å². The van der Waals surface area contributed by atoms with Crippen LogP contribution in [0, 0.1) is 0 Å². The Morgan fingerprint density at radius 2 is 2.10 bits per heavy atom. The van der Waals surface area contributed by atoms with Gasteiger partial charge in [-0.15, -0.1) is 0 Å². The highest BCUT2D eigenvalue weighted by molar-refractivity contribution is 5.89. The minimum absolute atomic E-state index is 0.171. The first-order valence-electron chi connectivity index (χ1n) is 6.75. The number of carboxylic acid groups (broad SMARTS) is 1. The summed E-state index contributed by atoms with van der Waals surface area (Å²) in [6.07, 6.45) is -0.425. The summed E-state index contributed by atoms with van der Waals surface area (Å²) >= 11 is 0. The van der Waals surface area contributed by atoms with E-state index in [4.69, 9.17) is 14.6 Å². The zero-order chi connectivity index (χ0) is 16.0. The Labute approximate surface area is 123 Å². The molecule has 2 atom stereocenters. The summed E-state index contributed by atoms with van der Waals surface area (Å²) in [6.45, 7) is 6.24. The topological polar surface area (TPSA) is 114 Å². The Bertz CT molecular complexity index is 398. The molecular formula is C13H22N2O6. The lowest BCUT2D eigenvalue weighted by atomic mass is 10.1. The fourth-order valence-electron chi connectivity index (χ4n) is 1.76. The van der Waals surface area contributed by atoms with Gasteiger partial charge in [-0.1, -0.05) is 0 Å². The van der Waals surface area contributed by atoms with Crippen molar-refractivity contribution in [1.29, 1.82) is 0 Å². The SMILES string of the molecule is CC(C)(C)OC(=O)C[C@H](NC(=O)C1COCCN1)C(=O)O. The number of carbonyl (C=O) groups is 3. The van der Waals surface area contributed by atoms with Gasteiger partial charge in [-0.25, -0.2) is 4.79 Å². The van der Waals surface area contributed by atoms with E-state index in [2.05, 4.69) is 10.6 Å². The summed E-state index contributed by atoms with van der Waals surface area (Å²) < 4.78 is 10.2. The molecule has 0 aromatic rings. The average Bonchev–Trinajstić information content (AvgIpc) is 2.36. The molecule has 8 heteroatoms. The zero-order valence-corrected chi connectivity index (χ0v) is 12.5. The predicted molar refractivity (Wildman–Crippen MR) is 72.6 cm³/mol. The van der Waals surface area contributed by atoms with Crippen molar-refractivity contribution in [2.24, 2.45) is 0 Å². The van der Waals surface area contributed by atoms with Crippen LogP contribution in [0.4, 0.5) is 0 Å². The lowest BCUT2D eigenvalue weighted by Gasteiger charge is -2.25. The maximum Gasteiger partial charge on any atom is 0.326 e. The van der Waals surface area contributed by atoms with Crippen LogP contribution in [0.15, 0.2) is 0 Å². The van der Waals surface area contributed by atoms with Crippen LogP contribution in [0.2, 0.25) is 0 Å². The van der Waals surface area contributed by atoms with E-state index in [1.165, 1.54) is 0 Å². The van der Waals surface area contributed by atoms with Crippen molar-refractivity contribution in [3.05, 3.63) is 0 Å². The van der Waals surface area contributed by atoms with Crippen LogP contribution in [-0.2, 0) is 23.9 Å². The highest BCUT2D eigenvalue weighted by atomic mass is 16.6. The second-order valence-corrected chi connectivity index (χ2v) is 5.77. The lowest BCUT2D eigenvalue weighted by molar-refractivity contribution is -0.158. The van der Waals surface area contributed by atoms with Crippen molar-refractivity contribution in [2.75, 3.05) is 19.8 Å². The standard InChI is InChI=1S/C13H22N2O6/c1-13(2,3)21-10(16)6-8(12(18)19)15-11(17)9-7-20-5-4-14-9/h8-9,14H,4-7H2,1-3H3,(H,15,17)(H,18,19)/t8-,9?/m0/s1. The number of amides is 1. The normalized spacial score (nSPS) is 20.4. The molecule has 0 aromatic heterocycles. The Morgan fingerprint density at radius 1 is 1.43 bits per heavy atom. The third kappa shape index (κ3) is 6.54. The van der Waals surface area contributed by atoms with Crippen molar-refractivity contribution in [1.82, 2.24) is 10.6 Å². The molecule has 0 aliphatic carbocycles. The fourth-order valence-corrected chi connectivity index (χ4v) is 1.76. The van der Waals surface area contributed by atoms with Gasteiger partial charge in [-0.2, -0.15) is 0 Å². The third-order valence-corrected chi connectivity index (χ3v) is 2.64. The summed E-state index contributed by atoms with van der Waals surface area (Å²) in [5.74, 6) is -2.47. The van der Waals surface area contributed by atoms with E-state index < -0.39 is 42.0 Å². The number of esters is 1. The molecule has 3 N–H and O–H groups in total. The smallest absolute Gasteiger partial charge is 0.326 e. The maximum absolute atomic E-state index is 11.9. The molecule has 0 bridgehead atoms. The van der Waals surface area contributed by atoms with Crippen LogP contribution in [0.3, 0.4) is 0 Å². The van der Waals surface area contributed by atoms with E-state index in [0.717, 1.165) is 0 Å². The van der Waals surface area contributed by atoms with Gasteiger partial charge in [0.25, 0.3) is 0 Å².